The molecule has 2 aliphatic rings. The highest BCUT2D eigenvalue weighted by Gasteiger charge is 2.26. The van der Waals surface area contributed by atoms with Gasteiger partial charge in [-0.1, -0.05) is 23.8 Å². The molecule has 1 N–H and O–H groups in total. The maximum Gasteiger partial charge on any atom is 0.147 e. The van der Waals surface area contributed by atoms with Crippen LogP contribution in [0.5, 0.6) is 0 Å². The average Bonchev–Trinajstić information content (AvgIpc) is 3.10. The monoisotopic (exact) mass is 360 g/mol. The Morgan fingerprint density at radius 3 is 2.56 bits per heavy atom. The SMILES string of the molecule is Cc1ccc2c(c1)-c1cc(C)nn1C(c1ccc(N3CCOCC3)cc1)N2. The first-order valence-corrected chi connectivity index (χ1v) is 9.55. The lowest BCUT2D eigenvalue weighted by Gasteiger charge is -2.31. The van der Waals surface area contributed by atoms with Gasteiger partial charge in [0.1, 0.15) is 6.17 Å². The highest BCUT2D eigenvalue weighted by Crippen LogP contribution is 2.39. The van der Waals surface area contributed by atoms with E-state index in [1.54, 1.807) is 0 Å². The van der Waals surface area contributed by atoms with Crippen molar-refractivity contribution in [3.63, 3.8) is 0 Å². The summed E-state index contributed by atoms with van der Waals surface area (Å²) in [4.78, 5) is 2.38. The predicted molar refractivity (Wildman–Crippen MR) is 108 cm³/mol. The number of anilines is 2. The molecule has 0 saturated carbocycles. The second kappa shape index (κ2) is 6.43. The zero-order chi connectivity index (χ0) is 18.4. The predicted octanol–water partition coefficient (Wildman–Crippen LogP) is 3.98. The van der Waals surface area contributed by atoms with Crippen molar-refractivity contribution in [2.24, 2.45) is 0 Å². The summed E-state index contributed by atoms with van der Waals surface area (Å²) in [5.41, 5.74) is 8.32. The number of aromatic nitrogens is 2. The molecule has 3 aromatic rings. The van der Waals surface area contributed by atoms with E-state index in [2.05, 4.69) is 77.3 Å². The van der Waals surface area contributed by atoms with Crippen LogP contribution in [0, 0.1) is 13.8 Å². The zero-order valence-electron chi connectivity index (χ0n) is 15.8. The van der Waals surface area contributed by atoms with Crippen molar-refractivity contribution in [1.29, 1.82) is 0 Å². The minimum atomic E-state index is 0.00245. The van der Waals surface area contributed by atoms with Crippen LogP contribution in [0.25, 0.3) is 11.3 Å². The van der Waals surface area contributed by atoms with Crippen LogP contribution in [0.15, 0.2) is 48.5 Å². The fourth-order valence-electron chi connectivity index (χ4n) is 4.03. The molecular weight excluding hydrogens is 336 g/mol. The van der Waals surface area contributed by atoms with E-state index in [0.717, 1.165) is 37.7 Å². The summed E-state index contributed by atoms with van der Waals surface area (Å²) in [6, 6.07) is 17.6. The zero-order valence-corrected chi connectivity index (χ0v) is 15.8. The normalized spacial score (nSPS) is 18.6. The van der Waals surface area contributed by atoms with E-state index >= 15 is 0 Å². The number of morpholine rings is 1. The Labute approximate surface area is 159 Å². The molecule has 0 radical (unpaired) electrons. The summed E-state index contributed by atoms with van der Waals surface area (Å²) in [5, 5.41) is 8.45. The van der Waals surface area contributed by atoms with Gasteiger partial charge in [0.05, 0.1) is 24.6 Å². The van der Waals surface area contributed by atoms with E-state index in [4.69, 9.17) is 9.84 Å². The van der Waals surface area contributed by atoms with E-state index in [9.17, 15) is 0 Å². The third-order valence-corrected chi connectivity index (χ3v) is 5.43. The third kappa shape index (κ3) is 2.88. The fourth-order valence-corrected chi connectivity index (χ4v) is 4.03. The second-order valence-electron chi connectivity index (χ2n) is 7.40. The molecule has 1 fully saturated rings. The number of hydrogen-bond donors (Lipinski definition) is 1. The quantitative estimate of drug-likeness (QED) is 0.751. The van der Waals surface area contributed by atoms with Gasteiger partial charge in [-0.3, -0.25) is 0 Å². The van der Waals surface area contributed by atoms with Crippen LogP contribution in [0.1, 0.15) is 23.0 Å². The van der Waals surface area contributed by atoms with Crippen LogP contribution in [-0.4, -0.2) is 36.1 Å². The maximum absolute atomic E-state index is 5.46. The first-order chi connectivity index (χ1) is 13.2. The van der Waals surface area contributed by atoms with Crippen molar-refractivity contribution in [1.82, 2.24) is 9.78 Å². The molecule has 5 heteroatoms. The molecule has 5 nitrogen and oxygen atoms in total. The molecule has 0 spiro atoms. The van der Waals surface area contributed by atoms with Crippen LogP contribution in [0.2, 0.25) is 0 Å². The number of nitrogens with zero attached hydrogens (tertiary/aromatic N) is 3. The summed E-state index contributed by atoms with van der Waals surface area (Å²) in [5.74, 6) is 0. The molecule has 1 unspecified atom stereocenters. The van der Waals surface area contributed by atoms with Gasteiger partial charge in [0.2, 0.25) is 0 Å². The largest absolute Gasteiger partial charge is 0.378 e. The van der Waals surface area contributed by atoms with Crippen molar-refractivity contribution < 1.29 is 4.74 Å². The minimum Gasteiger partial charge on any atom is -0.378 e. The van der Waals surface area contributed by atoms with Gasteiger partial charge in [-0.15, -0.1) is 0 Å². The van der Waals surface area contributed by atoms with Gasteiger partial charge in [0.25, 0.3) is 0 Å². The first-order valence-electron chi connectivity index (χ1n) is 9.55. The van der Waals surface area contributed by atoms with Gasteiger partial charge in [0, 0.05) is 30.0 Å². The standard InChI is InChI=1S/C22H24N4O/c1-15-3-8-20-19(13-15)21-14-16(2)24-26(21)22(23-20)17-4-6-18(7-5-17)25-9-11-27-12-10-25/h3-8,13-14,22-23H,9-12H2,1-2H3. The van der Waals surface area contributed by atoms with Crippen LogP contribution >= 0.6 is 0 Å². The molecule has 1 atom stereocenters. The Kier molecular flexibility index (Phi) is 3.90. The Hall–Kier alpha value is -2.79. The molecule has 1 aromatic heterocycles. The van der Waals surface area contributed by atoms with Crippen LogP contribution in [-0.2, 0) is 4.74 Å². The molecule has 1 saturated heterocycles. The summed E-state index contributed by atoms with van der Waals surface area (Å²) in [7, 11) is 0. The smallest absolute Gasteiger partial charge is 0.147 e. The molecule has 3 heterocycles. The Bertz CT molecular complexity index is 970. The molecular formula is C22H24N4O. The number of fused-ring (bicyclic) bond motifs is 3. The minimum absolute atomic E-state index is 0.00245. The van der Waals surface area contributed by atoms with Crippen molar-refractivity contribution in [3.05, 3.63) is 65.4 Å². The van der Waals surface area contributed by atoms with Gasteiger partial charge >= 0.3 is 0 Å². The Morgan fingerprint density at radius 2 is 1.78 bits per heavy atom. The Morgan fingerprint density at radius 1 is 1.00 bits per heavy atom. The number of aryl methyl sites for hydroxylation is 2. The van der Waals surface area contributed by atoms with Crippen LogP contribution < -0.4 is 10.2 Å². The van der Waals surface area contributed by atoms with Gasteiger partial charge in [-0.05, 0) is 49.7 Å². The number of benzene rings is 2. The van der Waals surface area contributed by atoms with Gasteiger partial charge in [-0.25, -0.2) is 4.68 Å². The van der Waals surface area contributed by atoms with Gasteiger partial charge in [-0.2, -0.15) is 5.10 Å². The third-order valence-electron chi connectivity index (χ3n) is 5.43. The van der Waals surface area contributed by atoms with Crippen molar-refractivity contribution in [2.45, 2.75) is 20.0 Å². The lowest BCUT2D eigenvalue weighted by molar-refractivity contribution is 0.122. The van der Waals surface area contributed by atoms with Crippen LogP contribution in [0.3, 0.4) is 0 Å². The molecule has 5 rings (SSSR count). The molecule has 2 aliphatic heterocycles. The van der Waals surface area contributed by atoms with Crippen molar-refractivity contribution >= 4 is 11.4 Å². The highest BCUT2D eigenvalue weighted by atomic mass is 16.5. The molecule has 0 amide bonds. The van der Waals surface area contributed by atoms with Gasteiger partial charge in [0.15, 0.2) is 0 Å². The molecule has 27 heavy (non-hydrogen) atoms. The number of nitrogens with one attached hydrogen (secondary N) is 1. The van der Waals surface area contributed by atoms with E-state index in [1.165, 1.54) is 28.1 Å². The first kappa shape index (κ1) is 16.4. The maximum atomic E-state index is 5.46. The van der Waals surface area contributed by atoms with Crippen LogP contribution in [0.4, 0.5) is 11.4 Å². The summed E-state index contributed by atoms with van der Waals surface area (Å²) in [6.07, 6.45) is 0.00245. The number of rotatable bonds is 2. The molecule has 0 bridgehead atoms. The summed E-state index contributed by atoms with van der Waals surface area (Å²) < 4.78 is 7.57. The highest BCUT2D eigenvalue weighted by molar-refractivity contribution is 5.79. The molecule has 138 valence electrons. The van der Waals surface area contributed by atoms with Crippen molar-refractivity contribution in [3.8, 4) is 11.3 Å². The number of ether oxygens (including phenoxy) is 1. The average molecular weight is 360 g/mol. The van der Waals surface area contributed by atoms with E-state index in [1.807, 2.05) is 0 Å². The Balaban J connectivity index is 1.51. The van der Waals surface area contributed by atoms with E-state index in [0.29, 0.717) is 0 Å². The topological polar surface area (TPSA) is 42.3 Å². The molecule has 2 aromatic carbocycles. The summed E-state index contributed by atoms with van der Waals surface area (Å²) >= 11 is 0. The lowest BCUT2D eigenvalue weighted by Crippen LogP contribution is -2.36. The van der Waals surface area contributed by atoms with E-state index in [-0.39, 0.29) is 6.17 Å². The summed E-state index contributed by atoms with van der Waals surface area (Å²) in [6.45, 7) is 7.70. The van der Waals surface area contributed by atoms with Gasteiger partial charge < -0.3 is 15.0 Å². The van der Waals surface area contributed by atoms with E-state index < -0.39 is 0 Å². The molecule has 0 aliphatic carbocycles. The second-order valence-corrected chi connectivity index (χ2v) is 7.40. The fraction of sp³-hybridized carbons (Fsp3) is 0.318. The lowest BCUT2D eigenvalue weighted by atomic mass is 10.0. The number of hydrogen-bond acceptors (Lipinski definition) is 4. The van der Waals surface area contributed by atoms with Crippen molar-refractivity contribution in [2.75, 3.05) is 36.5 Å².